The van der Waals surface area contributed by atoms with Crippen molar-refractivity contribution >= 4 is 16.9 Å². The zero-order valence-corrected chi connectivity index (χ0v) is 13.3. The molecular weight excluding hydrogens is 292 g/mol. The third-order valence-corrected chi connectivity index (χ3v) is 4.99. The van der Waals surface area contributed by atoms with E-state index in [2.05, 4.69) is 53.4 Å². The van der Waals surface area contributed by atoms with Crippen LogP contribution in [0.2, 0.25) is 0 Å². The van der Waals surface area contributed by atoms with Crippen molar-refractivity contribution in [2.45, 2.75) is 5.25 Å². The van der Waals surface area contributed by atoms with Gasteiger partial charge in [0, 0.05) is 13.1 Å². The first-order valence-electron chi connectivity index (χ1n) is 7.52. The summed E-state index contributed by atoms with van der Waals surface area (Å²) in [5.41, 5.74) is 2.47. The summed E-state index contributed by atoms with van der Waals surface area (Å²) in [6.45, 7) is 3.04. The molecule has 0 unspecified atom stereocenters. The predicted molar refractivity (Wildman–Crippen MR) is 92.4 cm³/mol. The molecule has 1 saturated heterocycles. The second-order valence-electron chi connectivity index (χ2n) is 5.22. The van der Waals surface area contributed by atoms with Gasteiger partial charge in [-0.3, -0.25) is 5.41 Å². The van der Waals surface area contributed by atoms with E-state index in [1.54, 1.807) is 11.8 Å². The fourth-order valence-corrected chi connectivity index (χ4v) is 3.68. The lowest BCUT2D eigenvalue weighted by atomic mass is 10.0. The number of ether oxygens (including phenoxy) is 1. The first-order valence-corrected chi connectivity index (χ1v) is 8.40. The summed E-state index contributed by atoms with van der Waals surface area (Å²) in [6, 6.07) is 20.8. The molecule has 22 heavy (non-hydrogen) atoms. The highest BCUT2D eigenvalue weighted by Gasteiger charge is 2.21. The average Bonchev–Trinajstić information content (AvgIpc) is 2.62. The van der Waals surface area contributed by atoms with Gasteiger partial charge in [0.15, 0.2) is 5.17 Å². The number of hydrogen-bond donors (Lipinski definition) is 1. The summed E-state index contributed by atoms with van der Waals surface area (Å²) in [4.78, 5) is 2.10. The number of benzene rings is 2. The fraction of sp³-hybridized carbons (Fsp3) is 0.278. The Hall–Kier alpha value is -1.78. The van der Waals surface area contributed by atoms with Crippen molar-refractivity contribution in [2.24, 2.45) is 0 Å². The van der Waals surface area contributed by atoms with Crippen LogP contribution in [-0.4, -0.2) is 36.4 Å². The Morgan fingerprint density at radius 2 is 1.41 bits per heavy atom. The number of nitrogens with zero attached hydrogens (tertiary/aromatic N) is 1. The largest absolute Gasteiger partial charge is 0.378 e. The molecule has 0 atom stereocenters. The monoisotopic (exact) mass is 312 g/mol. The van der Waals surface area contributed by atoms with Crippen molar-refractivity contribution in [3.8, 4) is 0 Å². The zero-order valence-electron chi connectivity index (χ0n) is 12.4. The van der Waals surface area contributed by atoms with Crippen LogP contribution in [0.15, 0.2) is 60.7 Å². The number of rotatable bonds is 3. The van der Waals surface area contributed by atoms with Gasteiger partial charge in [-0.1, -0.05) is 72.4 Å². The van der Waals surface area contributed by atoms with Crippen molar-refractivity contribution in [3.05, 3.63) is 71.8 Å². The maximum absolute atomic E-state index is 8.45. The Morgan fingerprint density at radius 3 is 1.91 bits per heavy atom. The molecule has 1 aliphatic rings. The molecule has 0 amide bonds. The van der Waals surface area contributed by atoms with Gasteiger partial charge in [0.05, 0.1) is 18.5 Å². The zero-order chi connectivity index (χ0) is 15.2. The Balaban J connectivity index is 1.81. The molecule has 1 N–H and O–H groups in total. The molecule has 3 nitrogen and oxygen atoms in total. The van der Waals surface area contributed by atoms with Crippen LogP contribution < -0.4 is 0 Å². The lowest BCUT2D eigenvalue weighted by molar-refractivity contribution is 0.0690. The third kappa shape index (κ3) is 3.70. The summed E-state index contributed by atoms with van der Waals surface area (Å²) in [5, 5.41) is 9.22. The van der Waals surface area contributed by atoms with Crippen LogP contribution in [0.4, 0.5) is 0 Å². The lowest BCUT2D eigenvalue weighted by Gasteiger charge is -2.30. The number of thioether (sulfide) groups is 1. The lowest BCUT2D eigenvalue weighted by Crippen LogP contribution is -2.39. The van der Waals surface area contributed by atoms with Gasteiger partial charge in [-0.15, -0.1) is 0 Å². The molecule has 0 radical (unpaired) electrons. The van der Waals surface area contributed by atoms with Gasteiger partial charge in [-0.05, 0) is 11.1 Å². The quantitative estimate of drug-likeness (QED) is 0.692. The average molecular weight is 312 g/mol. The maximum atomic E-state index is 8.45. The van der Waals surface area contributed by atoms with E-state index in [4.69, 9.17) is 10.1 Å². The highest BCUT2D eigenvalue weighted by molar-refractivity contribution is 8.14. The molecule has 3 rings (SSSR count). The van der Waals surface area contributed by atoms with Crippen LogP contribution in [0.1, 0.15) is 16.4 Å². The molecule has 0 bridgehead atoms. The van der Waals surface area contributed by atoms with Crippen LogP contribution in [0.5, 0.6) is 0 Å². The second-order valence-corrected chi connectivity index (χ2v) is 6.32. The van der Waals surface area contributed by atoms with Gasteiger partial charge in [0.1, 0.15) is 0 Å². The summed E-state index contributed by atoms with van der Waals surface area (Å²) in [5.74, 6) is 0. The number of hydrogen-bond acceptors (Lipinski definition) is 3. The van der Waals surface area contributed by atoms with Gasteiger partial charge in [0.2, 0.25) is 0 Å². The minimum atomic E-state index is 0.151. The summed E-state index contributed by atoms with van der Waals surface area (Å²) < 4.78 is 5.38. The van der Waals surface area contributed by atoms with Crippen molar-refractivity contribution in [1.29, 1.82) is 5.41 Å². The molecule has 0 spiro atoms. The van der Waals surface area contributed by atoms with Gasteiger partial charge in [-0.25, -0.2) is 0 Å². The van der Waals surface area contributed by atoms with Crippen molar-refractivity contribution in [3.63, 3.8) is 0 Å². The minimum Gasteiger partial charge on any atom is -0.378 e. The topological polar surface area (TPSA) is 36.3 Å². The summed E-state index contributed by atoms with van der Waals surface area (Å²) >= 11 is 1.61. The first-order chi connectivity index (χ1) is 10.8. The molecule has 2 aromatic rings. The smallest absolute Gasteiger partial charge is 0.157 e. The first kappa shape index (κ1) is 15.1. The van der Waals surface area contributed by atoms with Crippen molar-refractivity contribution in [2.75, 3.05) is 26.3 Å². The normalized spacial score (nSPS) is 15.0. The highest BCUT2D eigenvalue weighted by Crippen LogP contribution is 2.36. The molecule has 0 aromatic heterocycles. The number of nitrogens with one attached hydrogen (secondary N) is 1. The Kier molecular flexibility index (Phi) is 5.14. The summed E-state index contributed by atoms with van der Waals surface area (Å²) in [7, 11) is 0. The number of morpholine rings is 1. The Morgan fingerprint density at radius 1 is 0.909 bits per heavy atom. The van der Waals surface area contributed by atoms with Gasteiger partial charge in [-0.2, -0.15) is 0 Å². The molecule has 1 aliphatic heterocycles. The Bertz CT molecular complexity index is 557. The molecule has 4 heteroatoms. The SMILES string of the molecule is N=C(SC(c1ccccc1)c1ccccc1)N1CCOCC1. The molecule has 114 valence electrons. The van der Waals surface area contributed by atoms with E-state index in [0.29, 0.717) is 18.4 Å². The van der Waals surface area contributed by atoms with E-state index in [1.807, 2.05) is 12.1 Å². The summed E-state index contributed by atoms with van der Waals surface area (Å²) in [6.07, 6.45) is 0. The van der Waals surface area contributed by atoms with E-state index in [9.17, 15) is 0 Å². The highest BCUT2D eigenvalue weighted by atomic mass is 32.2. The van der Waals surface area contributed by atoms with Gasteiger partial charge >= 0.3 is 0 Å². The standard InChI is InChI=1S/C18H20N2OS/c19-18(20-11-13-21-14-12-20)22-17(15-7-3-1-4-8-15)16-9-5-2-6-10-16/h1-10,17,19H,11-14H2. The van der Waals surface area contributed by atoms with E-state index in [-0.39, 0.29) is 5.25 Å². The molecular formula is C18H20N2OS. The van der Waals surface area contributed by atoms with Crippen molar-refractivity contribution < 1.29 is 4.74 Å². The Labute approximate surface area is 135 Å². The van der Waals surface area contributed by atoms with E-state index >= 15 is 0 Å². The van der Waals surface area contributed by atoms with Crippen molar-refractivity contribution in [1.82, 2.24) is 4.90 Å². The van der Waals surface area contributed by atoms with Crippen LogP contribution in [0.3, 0.4) is 0 Å². The maximum Gasteiger partial charge on any atom is 0.157 e. The number of amidine groups is 1. The van der Waals surface area contributed by atoms with E-state index in [1.165, 1.54) is 11.1 Å². The second kappa shape index (κ2) is 7.47. The molecule has 1 heterocycles. The van der Waals surface area contributed by atoms with Crippen LogP contribution in [0, 0.1) is 5.41 Å². The van der Waals surface area contributed by atoms with Crippen LogP contribution in [0.25, 0.3) is 0 Å². The van der Waals surface area contributed by atoms with Crippen LogP contribution in [-0.2, 0) is 4.74 Å². The van der Waals surface area contributed by atoms with E-state index < -0.39 is 0 Å². The molecule has 0 aliphatic carbocycles. The fourth-order valence-electron chi connectivity index (χ4n) is 2.54. The molecule has 1 fully saturated rings. The molecule has 0 saturated carbocycles. The predicted octanol–water partition coefficient (Wildman–Crippen LogP) is 3.78. The van der Waals surface area contributed by atoms with Crippen LogP contribution >= 0.6 is 11.8 Å². The third-order valence-electron chi connectivity index (χ3n) is 3.73. The van der Waals surface area contributed by atoms with E-state index in [0.717, 1.165) is 13.1 Å². The van der Waals surface area contributed by atoms with Gasteiger partial charge in [0.25, 0.3) is 0 Å². The van der Waals surface area contributed by atoms with Gasteiger partial charge < -0.3 is 9.64 Å². The minimum absolute atomic E-state index is 0.151. The molecule has 2 aromatic carbocycles.